The maximum absolute atomic E-state index is 12.8. The van der Waals surface area contributed by atoms with Crippen LogP contribution >= 0.6 is 0 Å². The smallest absolute Gasteiger partial charge is 0.339 e. The minimum absolute atomic E-state index is 0.0736. The van der Waals surface area contributed by atoms with Crippen LogP contribution in [0, 0.1) is 5.95 Å². The number of hydrogen-bond acceptors (Lipinski definition) is 4. The molecule has 1 aromatic rings. The summed E-state index contributed by atoms with van der Waals surface area (Å²) >= 11 is 0. The van der Waals surface area contributed by atoms with Gasteiger partial charge in [0.2, 0.25) is 0 Å². The average Bonchev–Trinajstić information content (AvgIpc) is 2.19. The Hall–Kier alpha value is -1.65. The molecule has 5 heteroatoms. The number of halogens is 1. The van der Waals surface area contributed by atoms with Crippen LogP contribution in [0.15, 0.2) is 12.3 Å². The van der Waals surface area contributed by atoms with Gasteiger partial charge in [-0.05, 0) is 6.92 Å². The van der Waals surface area contributed by atoms with Gasteiger partial charge < -0.3 is 9.47 Å². The predicted octanol–water partition coefficient (Wildman–Crippen LogP) is 1.41. The molecule has 0 aliphatic rings. The first-order valence-corrected chi connectivity index (χ1v) is 4.05. The third kappa shape index (κ3) is 2.18. The zero-order valence-corrected chi connectivity index (χ0v) is 7.91. The number of methoxy groups -OCH3 is 1. The molecule has 0 aliphatic carbocycles. The quantitative estimate of drug-likeness (QED) is 0.545. The maximum Gasteiger partial charge on any atom is 0.339 e. The van der Waals surface area contributed by atoms with Gasteiger partial charge in [0.15, 0.2) is 5.75 Å². The third-order valence-electron chi connectivity index (χ3n) is 1.54. The lowest BCUT2D eigenvalue weighted by molar-refractivity contribution is 0.0525. The summed E-state index contributed by atoms with van der Waals surface area (Å²) in [5, 5.41) is 0. The fourth-order valence-corrected chi connectivity index (χ4v) is 0.897. The van der Waals surface area contributed by atoms with E-state index in [4.69, 9.17) is 4.74 Å². The van der Waals surface area contributed by atoms with Gasteiger partial charge in [-0.15, -0.1) is 0 Å². The van der Waals surface area contributed by atoms with Crippen LogP contribution in [0.25, 0.3) is 0 Å². The fraction of sp³-hybridized carbons (Fsp3) is 0.333. The summed E-state index contributed by atoms with van der Waals surface area (Å²) in [4.78, 5) is 14.5. The third-order valence-corrected chi connectivity index (χ3v) is 1.54. The maximum atomic E-state index is 12.8. The van der Waals surface area contributed by atoms with Crippen LogP contribution in [-0.4, -0.2) is 24.7 Å². The SMILES string of the molecule is CCOC(=O)c1cnc(F)c(OC)c1. The van der Waals surface area contributed by atoms with Crippen molar-refractivity contribution in [2.24, 2.45) is 0 Å². The van der Waals surface area contributed by atoms with Gasteiger partial charge in [0.25, 0.3) is 5.95 Å². The molecule has 0 saturated carbocycles. The normalized spacial score (nSPS) is 9.64. The molecule has 76 valence electrons. The van der Waals surface area contributed by atoms with E-state index in [-0.39, 0.29) is 17.9 Å². The van der Waals surface area contributed by atoms with Crippen LogP contribution in [-0.2, 0) is 4.74 Å². The molecule has 4 nitrogen and oxygen atoms in total. The van der Waals surface area contributed by atoms with E-state index in [0.717, 1.165) is 6.20 Å². The zero-order chi connectivity index (χ0) is 10.6. The molecule has 0 unspecified atom stereocenters. The van der Waals surface area contributed by atoms with Crippen LogP contribution in [0.3, 0.4) is 0 Å². The molecule has 0 bridgehead atoms. The number of pyridine rings is 1. The first-order valence-electron chi connectivity index (χ1n) is 4.05. The van der Waals surface area contributed by atoms with Gasteiger partial charge in [0, 0.05) is 12.3 Å². The van der Waals surface area contributed by atoms with E-state index in [1.807, 2.05) is 0 Å². The Morgan fingerprint density at radius 2 is 2.36 bits per heavy atom. The number of nitrogens with zero attached hydrogens (tertiary/aromatic N) is 1. The lowest BCUT2D eigenvalue weighted by atomic mass is 10.3. The Labute approximate surface area is 80.7 Å². The highest BCUT2D eigenvalue weighted by atomic mass is 19.1. The molecule has 0 radical (unpaired) electrons. The predicted molar refractivity (Wildman–Crippen MR) is 46.7 cm³/mol. The summed E-state index contributed by atoms with van der Waals surface area (Å²) in [5.74, 6) is -1.37. The van der Waals surface area contributed by atoms with E-state index in [1.54, 1.807) is 6.92 Å². The number of ether oxygens (including phenoxy) is 2. The topological polar surface area (TPSA) is 48.4 Å². The van der Waals surface area contributed by atoms with Crippen molar-refractivity contribution in [3.8, 4) is 5.75 Å². The highest BCUT2D eigenvalue weighted by molar-refractivity contribution is 5.89. The lowest BCUT2D eigenvalue weighted by Gasteiger charge is -2.04. The van der Waals surface area contributed by atoms with Crippen molar-refractivity contribution in [3.63, 3.8) is 0 Å². The molecular formula is C9H10FNO3. The molecule has 1 heterocycles. The van der Waals surface area contributed by atoms with Crippen LogP contribution < -0.4 is 4.74 Å². The van der Waals surface area contributed by atoms with E-state index in [2.05, 4.69) is 9.72 Å². The van der Waals surface area contributed by atoms with E-state index < -0.39 is 11.9 Å². The Morgan fingerprint density at radius 3 is 2.93 bits per heavy atom. The number of carbonyl (C=O) groups is 1. The summed E-state index contributed by atoms with van der Waals surface area (Å²) < 4.78 is 22.2. The molecule has 0 saturated heterocycles. The standard InChI is InChI=1S/C9H10FNO3/c1-3-14-9(12)6-4-7(13-2)8(10)11-5-6/h4-5H,3H2,1-2H3. The van der Waals surface area contributed by atoms with Crippen molar-refractivity contribution in [1.29, 1.82) is 0 Å². The van der Waals surface area contributed by atoms with Gasteiger partial charge >= 0.3 is 5.97 Å². The van der Waals surface area contributed by atoms with Gasteiger partial charge in [0.1, 0.15) is 0 Å². The molecule has 0 atom stereocenters. The minimum atomic E-state index is -0.749. The van der Waals surface area contributed by atoms with Crippen molar-refractivity contribution >= 4 is 5.97 Å². The molecule has 0 fully saturated rings. The second-order valence-corrected chi connectivity index (χ2v) is 2.44. The molecule has 0 aromatic carbocycles. The summed E-state index contributed by atoms with van der Waals surface area (Å²) in [6, 6.07) is 1.25. The van der Waals surface area contributed by atoms with Crippen LogP contribution in [0.1, 0.15) is 17.3 Å². The van der Waals surface area contributed by atoms with Crippen LogP contribution in [0.5, 0.6) is 5.75 Å². The Morgan fingerprint density at radius 1 is 1.64 bits per heavy atom. The number of esters is 1. The molecule has 0 amide bonds. The molecule has 0 N–H and O–H groups in total. The monoisotopic (exact) mass is 199 g/mol. The van der Waals surface area contributed by atoms with Gasteiger partial charge in [-0.2, -0.15) is 4.39 Å². The van der Waals surface area contributed by atoms with Gasteiger partial charge in [-0.25, -0.2) is 9.78 Å². The first kappa shape index (κ1) is 10.4. The van der Waals surface area contributed by atoms with E-state index >= 15 is 0 Å². The molecule has 0 spiro atoms. The van der Waals surface area contributed by atoms with E-state index in [0.29, 0.717) is 0 Å². The van der Waals surface area contributed by atoms with E-state index in [1.165, 1.54) is 13.2 Å². The largest absolute Gasteiger partial charge is 0.492 e. The van der Waals surface area contributed by atoms with Crippen molar-refractivity contribution < 1.29 is 18.7 Å². The van der Waals surface area contributed by atoms with Crippen molar-refractivity contribution in [2.45, 2.75) is 6.92 Å². The van der Waals surface area contributed by atoms with Crippen LogP contribution in [0.2, 0.25) is 0 Å². The number of carbonyl (C=O) groups excluding carboxylic acids is 1. The van der Waals surface area contributed by atoms with Crippen molar-refractivity contribution in [1.82, 2.24) is 4.98 Å². The van der Waals surface area contributed by atoms with Gasteiger partial charge in [-0.1, -0.05) is 0 Å². The van der Waals surface area contributed by atoms with E-state index in [9.17, 15) is 9.18 Å². The second kappa shape index (κ2) is 4.55. The van der Waals surface area contributed by atoms with Crippen molar-refractivity contribution in [2.75, 3.05) is 13.7 Å². The summed E-state index contributed by atoms with van der Waals surface area (Å²) in [7, 11) is 1.30. The number of aromatic nitrogens is 1. The minimum Gasteiger partial charge on any atom is -0.492 e. The molecular weight excluding hydrogens is 189 g/mol. The molecule has 1 rings (SSSR count). The summed E-state index contributed by atoms with van der Waals surface area (Å²) in [6.07, 6.45) is 1.11. The Bertz CT molecular complexity index is 341. The van der Waals surface area contributed by atoms with Gasteiger partial charge in [0.05, 0.1) is 19.3 Å². The average molecular weight is 199 g/mol. The van der Waals surface area contributed by atoms with Crippen molar-refractivity contribution in [3.05, 3.63) is 23.8 Å². The number of rotatable bonds is 3. The summed E-state index contributed by atoms with van der Waals surface area (Å²) in [5.41, 5.74) is 0.171. The molecule has 0 aliphatic heterocycles. The number of hydrogen-bond donors (Lipinski definition) is 0. The van der Waals surface area contributed by atoms with Gasteiger partial charge in [-0.3, -0.25) is 0 Å². The Balaban J connectivity index is 2.94. The second-order valence-electron chi connectivity index (χ2n) is 2.44. The lowest BCUT2D eigenvalue weighted by Crippen LogP contribution is -2.06. The molecule has 14 heavy (non-hydrogen) atoms. The summed E-state index contributed by atoms with van der Waals surface area (Å²) in [6.45, 7) is 1.95. The fourth-order valence-electron chi connectivity index (χ4n) is 0.897. The molecule has 1 aromatic heterocycles. The zero-order valence-electron chi connectivity index (χ0n) is 7.91. The van der Waals surface area contributed by atoms with Crippen LogP contribution in [0.4, 0.5) is 4.39 Å². The highest BCUT2D eigenvalue weighted by Gasteiger charge is 2.11. The highest BCUT2D eigenvalue weighted by Crippen LogP contribution is 2.15. The Kier molecular flexibility index (Phi) is 3.39. The first-order chi connectivity index (χ1) is 6.69.